The molecule has 0 spiro atoms. The molecular weight excluding hydrogens is 418 g/mol. The van der Waals surface area contributed by atoms with E-state index in [0.29, 0.717) is 33.3 Å². The smallest absolute Gasteiger partial charge is 0.264 e. The van der Waals surface area contributed by atoms with Gasteiger partial charge in [0.2, 0.25) is 5.91 Å². The minimum Gasteiger partial charge on any atom is -0.495 e. The summed E-state index contributed by atoms with van der Waals surface area (Å²) in [4.78, 5) is 30.1. The largest absolute Gasteiger partial charge is 0.495 e. The third-order valence-corrected chi connectivity index (χ3v) is 5.11. The Kier molecular flexibility index (Phi) is 5.73. The van der Waals surface area contributed by atoms with E-state index in [0.717, 1.165) is 5.69 Å². The van der Waals surface area contributed by atoms with Crippen molar-refractivity contribution >= 4 is 34.2 Å². The number of amides is 1. The summed E-state index contributed by atoms with van der Waals surface area (Å²) in [5, 5.41) is 7.97. The number of nitrogens with zero attached hydrogens (tertiary/aromatic N) is 4. The molecule has 0 radical (unpaired) electrons. The van der Waals surface area contributed by atoms with Gasteiger partial charge in [-0.25, -0.2) is 9.67 Å². The topological polar surface area (TPSA) is 91.0 Å². The van der Waals surface area contributed by atoms with E-state index < -0.39 is 0 Å². The molecule has 0 bridgehead atoms. The Balaban J connectivity index is 1.56. The Morgan fingerprint density at radius 3 is 2.71 bits per heavy atom. The van der Waals surface area contributed by atoms with E-state index in [-0.39, 0.29) is 24.4 Å². The summed E-state index contributed by atoms with van der Waals surface area (Å²) < 4.78 is 8.35. The summed E-state index contributed by atoms with van der Waals surface area (Å²) in [5.41, 5.74) is 1.54. The number of halogens is 1. The van der Waals surface area contributed by atoms with Gasteiger partial charge in [0, 0.05) is 18.0 Å². The number of methoxy groups -OCH3 is 1. The Morgan fingerprint density at radius 2 is 1.97 bits per heavy atom. The molecule has 8 nitrogen and oxygen atoms in total. The maximum absolute atomic E-state index is 13.0. The summed E-state index contributed by atoms with van der Waals surface area (Å²) in [6.45, 7) is 1.92. The molecule has 4 rings (SSSR count). The van der Waals surface area contributed by atoms with Crippen LogP contribution >= 0.6 is 11.6 Å². The first-order valence-corrected chi connectivity index (χ1v) is 9.99. The number of ether oxygens (including phenoxy) is 1. The molecule has 2 heterocycles. The average molecular weight is 438 g/mol. The van der Waals surface area contributed by atoms with Gasteiger partial charge in [0.25, 0.3) is 5.56 Å². The molecule has 9 heteroatoms. The van der Waals surface area contributed by atoms with E-state index in [1.165, 1.54) is 17.9 Å². The molecule has 0 aliphatic heterocycles. The Morgan fingerprint density at radius 1 is 1.19 bits per heavy atom. The van der Waals surface area contributed by atoms with Crippen LogP contribution in [0.5, 0.6) is 5.75 Å². The lowest BCUT2D eigenvalue weighted by Gasteiger charge is -2.12. The molecule has 0 fully saturated rings. The zero-order valence-corrected chi connectivity index (χ0v) is 17.8. The van der Waals surface area contributed by atoms with Gasteiger partial charge >= 0.3 is 0 Å². The van der Waals surface area contributed by atoms with Crippen LogP contribution in [0.1, 0.15) is 12.2 Å². The molecule has 2 aromatic carbocycles. The summed E-state index contributed by atoms with van der Waals surface area (Å²) in [5.74, 6) is 0.734. The van der Waals surface area contributed by atoms with Crippen LogP contribution in [0.3, 0.4) is 0 Å². The number of carbonyl (C=O) groups is 1. The van der Waals surface area contributed by atoms with E-state index in [9.17, 15) is 9.59 Å². The van der Waals surface area contributed by atoms with Crippen LogP contribution in [0.4, 0.5) is 5.69 Å². The first kappa shape index (κ1) is 20.6. The average Bonchev–Trinajstić information content (AvgIpc) is 3.18. The number of fused-ring (bicyclic) bond motifs is 1. The number of hydrogen-bond donors (Lipinski definition) is 1. The number of aryl methyl sites for hydroxylation is 1. The number of anilines is 1. The molecule has 0 atom stereocenters. The first-order valence-electron chi connectivity index (χ1n) is 9.62. The number of hydrogen-bond acceptors (Lipinski definition) is 5. The lowest BCUT2D eigenvalue weighted by molar-refractivity contribution is -0.116. The Labute approximate surface area is 183 Å². The first-order chi connectivity index (χ1) is 15.0. The van der Waals surface area contributed by atoms with Crippen molar-refractivity contribution in [3.8, 4) is 11.4 Å². The van der Waals surface area contributed by atoms with Crippen LogP contribution in [-0.4, -0.2) is 32.3 Å². The van der Waals surface area contributed by atoms with Crippen LogP contribution in [0.15, 0.2) is 59.5 Å². The molecule has 1 amide bonds. The van der Waals surface area contributed by atoms with Gasteiger partial charge in [0.15, 0.2) is 5.65 Å². The molecule has 158 valence electrons. The van der Waals surface area contributed by atoms with Crippen LogP contribution in [-0.2, 0) is 11.3 Å². The van der Waals surface area contributed by atoms with E-state index in [1.807, 2.05) is 30.3 Å². The molecular formula is C22H20ClN5O3. The van der Waals surface area contributed by atoms with Gasteiger partial charge < -0.3 is 10.1 Å². The van der Waals surface area contributed by atoms with Crippen molar-refractivity contribution < 1.29 is 9.53 Å². The Hall–Kier alpha value is -3.65. The van der Waals surface area contributed by atoms with Gasteiger partial charge in [-0.1, -0.05) is 29.8 Å². The number of nitrogens with one attached hydrogen (secondary N) is 1. The number of aromatic nitrogens is 4. The summed E-state index contributed by atoms with van der Waals surface area (Å²) in [6, 6.07) is 14.4. The molecule has 0 saturated carbocycles. The zero-order chi connectivity index (χ0) is 22.0. The van der Waals surface area contributed by atoms with Gasteiger partial charge in [-0.15, -0.1) is 0 Å². The maximum Gasteiger partial charge on any atom is 0.264 e. The fraction of sp³-hybridized carbons (Fsp3) is 0.182. The molecule has 0 saturated heterocycles. The van der Waals surface area contributed by atoms with Crippen molar-refractivity contribution in [1.82, 2.24) is 19.3 Å². The second kappa shape index (κ2) is 8.61. The SMILES string of the molecule is COc1ccc(Cl)cc1NC(=O)CCn1c(C)nc2c(cnn2-c2ccccc2)c1=O. The summed E-state index contributed by atoms with van der Waals surface area (Å²) in [6.07, 6.45) is 1.58. The molecule has 0 aliphatic rings. The lowest BCUT2D eigenvalue weighted by atomic mass is 10.2. The van der Waals surface area contributed by atoms with Crippen molar-refractivity contribution in [3.63, 3.8) is 0 Å². The molecule has 4 aromatic rings. The van der Waals surface area contributed by atoms with Gasteiger partial charge in [0.1, 0.15) is 17.0 Å². The van der Waals surface area contributed by atoms with E-state index in [1.54, 1.807) is 29.8 Å². The molecule has 31 heavy (non-hydrogen) atoms. The molecule has 1 N–H and O–H groups in total. The highest BCUT2D eigenvalue weighted by Crippen LogP contribution is 2.27. The van der Waals surface area contributed by atoms with Crippen molar-refractivity contribution in [2.24, 2.45) is 0 Å². The minimum absolute atomic E-state index is 0.0798. The lowest BCUT2D eigenvalue weighted by Crippen LogP contribution is -2.26. The van der Waals surface area contributed by atoms with E-state index >= 15 is 0 Å². The second-order valence-electron chi connectivity index (χ2n) is 6.89. The highest BCUT2D eigenvalue weighted by molar-refractivity contribution is 6.31. The highest BCUT2D eigenvalue weighted by atomic mass is 35.5. The van der Waals surface area contributed by atoms with Gasteiger partial charge in [-0.2, -0.15) is 5.10 Å². The molecule has 0 unspecified atom stereocenters. The van der Waals surface area contributed by atoms with Crippen molar-refractivity contribution in [2.45, 2.75) is 19.9 Å². The normalized spacial score (nSPS) is 10.9. The quantitative estimate of drug-likeness (QED) is 0.498. The third kappa shape index (κ3) is 4.15. The fourth-order valence-corrected chi connectivity index (χ4v) is 3.50. The van der Waals surface area contributed by atoms with Crippen molar-refractivity contribution in [1.29, 1.82) is 0 Å². The maximum atomic E-state index is 13.0. The number of para-hydroxylation sites is 1. The predicted molar refractivity (Wildman–Crippen MR) is 119 cm³/mol. The summed E-state index contributed by atoms with van der Waals surface area (Å²) >= 11 is 6.01. The Bertz CT molecular complexity index is 1310. The molecule has 2 aromatic heterocycles. The second-order valence-corrected chi connectivity index (χ2v) is 7.32. The predicted octanol–water partition coefficient (Wildman–Crippen LogP) is 3.58. The van der Waals surface area contributed by atoms with Crippen molar-refractivity contribution in [3.05, 3.63) is 75.9 Å². The van der Waals surface area contributed by atoms with E-state index in [2.05, 4.69) is 15.4 Å². The van der Waals surface area contributed by atoms with Gasteiger partial charge in [0.05, 0.1) is 24.7 Å². The zero-order valence-electron chi connectivity index (χ0n) is 17.0. The van der Waals surface area contributed by atoms with Crippen LogP contribution in [0.25, 0.3) is 16.7 Å². The van der Waals surface area contributed by atoms with Crippen molar-refractivity contribution in [2.75, 3.05) is 12.4 Å². The number of benzene rings is 2. The number of carbonyl (C=O) groups excluding carboxylic acids is 1. The summed E-state index contributed by atoms with van der Waals surface area (Å²) in [7, 11) is 1.51. The third-order valence-electron chi connectivity index (χ3n) is 4.88. The standard InChI is InChI=1S/C22H20ClN5O3/c1-14-25-21-17(13-24-28(21)16-6-4-3-5-7-16)22(30)27(14)11-10-20(29)26-18-12-15(23)8-9-19(18)31-2/h3-9,12-13H,10-11H2,1-2H3,(H,26,29). The highest BCUT2D eigenvalue weighted by Gasteiger charge is 2.15. The van der Waals surface area contributed by atoms with Crippen LogP contribution in [0, 0.1) is 6.92 Å². The van der Waals surface area contributed by atoms with Gasteiger partial charge in [-0.3, -0.25) is 14.2 Å². The van der Waals surface area contributed by atoms with E-state index in [4.69, 9.17) is 16.3 Å². The molecule has 0 aliphatic carbocycles. The monoisotopic (exact) mass is 437 g/mol. The van der Waals surface area contributed by atoms with Gasteiger partial charge in [-0.05, 0) is 37.3 Å². The minimum atomic E-state index is -0.271. The van der Waals surface area contributed by atoms with Crippen LogP contribution < -0.4 is 15.6 Å². The van der Waals surface area contributed by atoms with Crippen LogP contribution in [0.2, 0.25) is 5.02 Å². The number of rotatable bonds is 6. The fourth-order valence-electron chi connectivity index (χ4n) is 3.33.